The lowest BCUT2D eigenvalue weighted by atomic mass is 9.89. The standard InChI is InChI=1S/C14H18O2/c1-3-16-14(15)10(2)12-9-8-11-6-4-5-7-13(11)12/h4-7,10,12H,3,8-9H2,1-2H3. The summed E-state index contributed by atoms with van der Waals surface area (Å²) in [5.41, 5.74) is 2.73. The zero-order valence-electron chi connectivity index (χ0n) is 9.90. The number of hydrogen-bond acceptors (Lipinski definition) is 2. The normalized spacial score (nSPS) is 20.2. The molecule has 0 N–H and O–H groups in total. The number of carbonyl (C=O) groups excluding carboxylic acids is 1. The zero-order valence-corrected chi connectivity index (χ0v) is 9.90. The Hall–Kier alpha value is -1.31. The molecule has 0 radical (unpaired) electrons. The summed E-state index contributed by atoms with van der Waals surface area (Å²) >= 11 is 0. The van der Waals surface area contributed by atoms with Gasteiger partial charge >= 0.3 is 5.97 Å². The van der Waals surface area contributed by atoms with Crippen molar-refractivity contribution in [3.05, 3.63) is 35.4 Å². The van der Waals surface area contributed by atoms with Crippen molar-refractivity contribution in [2.24, 2.45) is 5.92 Å². The fourth-order valence-electron chi connectivity index (χ4n) is 2.55. The highest BCUT2D eigenvalue weighted by Gasteiger charge is 2.31. The van der Waals surface area contributed by atoms with E-state index in [-0.39, 0.29) is 11.9 Å². The molecule has 2 rings (SSSR count). The summed E-state index contributed by atoms with van der Waals surface area (Å²) in [7, 11) is 0. The van der Waals surface area contributed by atoms with Crippen molar-refractivity contribution in [1.82, 2.24) is 0 Å². The minimum absolute atomic E-state index is 0.0244. The second kappa shape index (κ2) is 4.69. The van der Waals surface area contributed by atoms with Crippen LogP contribution in [0.25, 0.3) is 0 Å². The van der Waals surface area contributed by atoms with Crippen molar-refractivity contribution in [1.29, 1.82) is 0 Å². The van der Waals surface area contributed by atoms with E-state index < -0.39 is 0 Å². The highest BCUT2D eigenvalue weighted by atomic mass is 16.5. The van der Waals surface area contributed by atoms with Crippen molar-refractivity contribution in [3.8, 4) is 0 Å². The van der Waals surface area contributed by atoms with Gasteiger partial charge in [0.05, 0.1) is 12.5 Å². The molecule has 2 unspecified atom stereocenters. The van der Waals surface area contributed by atoms with Crippen molar-refractivity contribution in [2.75, 3.05) is 6.61 Å². The van der Waals surface area contributed by atoms with E-state index in [2.05, 4.69) is 24.3 Å². The van der Waals surface area contributed by atoms with E-state index in [1.54, 1.807) is 0 Å². The van der Waals surface area contributed by atoms with Crippen LogP contribution in [0.5, 0.6) is 0 Å². The maximum atomic E-state index is 11.7. The first-order chi connectivity index (χ1) is 7.74. The summed E-state index contributed by atoms with van der Waals surface area (Å²) in [5, 5.41) is 0. The van der Waals surface area contributed by atoms with E-state index in [0.717, 1.165) is 12.8 Å². The predicted molar refractivity (Wildman–Crippen MR) is 63.3 cm³/mol. The summed E-state index contributed by atoms with van der Waals surface area (Å²) in [6.07, 6.45) is 2.16. The minimum Gasteiger partial charge on any atom is -0.466 e. The molecule has 0 saturated heterocycles. The molecular formula is C14H18O2. The van der Waals surface area contributed by atoms with Crippen LogP contribution < -0.4 is 0 Å². The lowest BCUT2D eigenvalue weighted by Crippen LogP contribution is -2.20. The second-order valence-electron chi connectivity index (χ2n) is 4.38. The van der Waals surface area contributed by atoms with Gasteiger partial charge in [-0.05, 0) is 36.8 Å². The Morgan fingerprint density at radius 1 is 1.50 bits per heavy atom. The third-order valence-corrected chi connectivity index (χ3v) is 3.44. The molecule has 0 fully saturated rings. The Bertz CT molecular complexity index is 384. The molecule has 0 aromatic heterocycles. The molecule has 1 aliphatic carbocycles. The van der Waals surface area contributed by atoms with Gasteiger partial charge in [0.25, 0.3) is 0 Å². The zero-order chi connectivity index (χ0) is 11.5. The third-order valence-electron chi connectivity index (χ3n) is 3.44. The Morgan fingerprint density at radius 3 is 3.00 bits per heavy atom. The van der Waals surface area contributed by atoms with Crippen LogP contribution in [-0.2, 0) is 16.0 Å². The molecule has 2 nitrogen and oxygen atoms in total. The molecule has 0 heterocycles. The van der Waals surface area contributed by atoms with Gasteiger partial charge in [-0.2, -0.15) is 0 Å². The number of carbonyl (C=O) groups is 1. The summed E-state index contributed by atoms with van der Waals surface area (Å²) in [5.74, 6) is 0.253. The molecule has 2 heteroatoms. The molecule has 16 heavy (non-hydrogen) atoms. The van der Waals surface area contributed by atoms with Crippen LogP contribution in [0.2, 0.25) is 0 Å². The number of esters is 1. The largest absolute Gasteiger partial charge is 0.466 e. The Morgan fingerprint density at radius 2 is 2.25 bits per heavy atom. The molecule has 2 atom stereocenters. The second-order valence-corrected chi connectivity index (χ2v) is 4.38. The van der Waals surface area contributed by atoms with Gasteiger partial charge in [-0.15, -0.1) is 0 Å². The van der Waals surface area contributed by atoms with E-state index in [1.165, 1.54) is 11.1 Å². The monoisotopic (exact) mass is 218 g/mol. The fourth-order valence-corrected chi connectivity index (χ4v) is 2.55. The SMILES string of the molecule is CCOC(=O)C(C)C1CCc2ccccc21. The van der Waals surface area contributed by atoms with Crippen molar-refractivity contribution >= 4 is 5.97 Å². The predicted octanol–water partition coefficient (Wildman–Crippen LogP) is 2.92. The topological polar surface area (TPSA) is 26.3 Å². The fraction of sp³-hybridized carbons (Fsp3) is 0.500. The number of rotatable bonds is 3. The Kier molecular flexibility index (Phi) is 3.28. The van der Waals surface area contributed by atoms with Crippen LogP contribution in [-0.4, -0.2) is 12.6 Å². The molecule has 1 aromatic carbocycles. The smallest absolute Gasteiger partial charge is 0.309 e. The van der Waals surface area contributed by atoms with E-state index in [1.807, 2.05) is 13.8 Å². The first-order valence-corrected chi connectivity index (χ1v) is 5.98. The Balaban J connectivity index is 2.15. The number of ether oxygens (including phenoxy) is 1. The average Bonchev–Trinajstić information content (AvgIpc) is 2.72. The first-order valence-electron chi connectivity index (χ1n) is 5.98. The van der Waals surface area contributed by atoms with Gasteiger partial charge in [-0.3, -0.25) is 4.79 Å². The average molecular weight is 218 g/mol. The minimum atomic E-state index is -0.0656. The summed E-state index contributed by atoms with van der Waals surface area (Å²) in [6.45, 7) is 4.30. The molecule has 1 aromatic rings. The van der Waals surface area contributed by atoms with Crippen LogP contribution in [0.1, 0.15) is 37.3 Å². The summed E-state index contributed by atoms with van der Waals surface area (Å²) < 4.78 is 5.09. The van der Waals surface area contributed by atoms with Crippen molar-refractivity contribution in [3.63, 3.8) is 0 Å². The number of benzene rings is 1. The quantitative estimate of drug-likeness (QED) is 0.729. The number of fused-ring (bicyclic) bond motifs is 1. The number of aryl methyl sites for hydroxylation is 1. The molecular weight excluding hydrogens is 200 g/mol. The number of hydrogen-bond donors (Lipinski definition) is 0. The lowest BCUT2D eigenvalue weighted by molar-refractivity contribution is -0.148. The summed E-state index contributed by atoms with van der Waals surface area (Å²) in [6, 6.07) is 8.42. The molecule has 0 bridgehead atoms. The van der Waals surface area contributed by atoms with E-state index in [0.29, 0.717) is 12.5 Å². The molecule has 0 spiro atoms. The Labute approximate surface area is 96.6 Å². The highest BCUT2D eigenvalue weighted by Crippen LogP contribution is 2.38. The van der Waals surface area contributed by atoms with Crippen molar-refractivity contribution < 1.29 is 9.53 Å². The lowest BCUT2D eigenvalue weighted by Gasteiger charge is -2.18. The molecule has 0 aliphatic heterocycles. The molecule has 0 amide bonds. The summed E-state index contributed by atoms with van der Waals surface area (Å²) in [4.78, 5) is 11.7. The van der Waals surface area contributed by atoms with Crippen LogP contribution in [0.15, 0.2) is 24.3 Å². The molecule has 86 valence electrons. The van der Waals surface area contributed by atoms with Crippen molar-refractivity contribution in [2.45, 2.75) is 32.6 Å². The van der Waals surface area contributed by atoms with Gasteiger partial charge in [-0.1, -0.05) is 31.2 Å². The maximum Gasteiger partial charge on any atom is 0.309 e. The van der Waals surface area contributed by atoms with Gasteiger partial charge in [-0.25, -0.2) is 0 Å². The van der Waals surface area contributed by atoms with Gasteiger partial charge in [0.1, 0.15) is 0 Å². The van der Waals surface area contributed by atoms with Crippen LogP contribution in [0.4, 0.5) is 0 Å². The van der Waals surface area contributed by atoms with E-state index in [9.17, 15) is 4.79 Å². The van der Waals surface area contributed by atoms with Crippen LogP contribution in [0, 0.1) is 5.92 Å². The molecule has 1 aliphatic rings. The highest BCUT2D eigenvalue weighted by molar-refractivity contribution is 5.73. The van der Waals surface area contributed by atoms with E-state index in [4.69, 9.17) is 4.74 Å². The first kappa shape index (κ1) is 11.2. The third kappa shape index (κ3) is 1.97. The van der Waals surface area contributed by atoms with Gasteiger partial charge < -0.3 is 4.74 Å². The van der Waals surface area contributed by atoms with Gasteiger partial charge in [0.15, 0.2) is 0 Å². The van der Waals surface area contributed by atoms with Crippen LogP contribution in [0.3, 0.4) is 0 Å². The van der Waals surface area contributed by atoms with Crippen LogP contribution >= 0.6 is 0 Å². The van der Waals surface area contributed by atoms with Gasteiger partial charge in [0, 0.05) is 0 Å². The molecule has 0 saturated carbocycles. The maximum absolute atomic E-state index is 11.7. The van der Waals surface area contributed by atoms with E-state index >= 15 is 0 Å². The van der Waals surface area contributed by atoms with Gasteiger partial charge in [0.2, 0.25) is 0 Å².